The zero-order valence-corrected chi connectivity index (χ0v) is 13.6. The molecule has 0 amide bonds. The first kappa shape index (κ1) is 17.2. The van der Waals surface area contributed by atoms with Crippen molar-refractivity contribution >= 4 is 15.8 Å². The highest BCUT2D eigenvalue weighted by Crippen LogP contribution is 2.14. The summed E-state index contributed by atoms with van der Waals surface area (Å²) < 4.78 is 26.7. The fraction of sp³-hybridized carbons (Fsp3) is 0.235. The zero-order valence-electron chi connectivity index (χ0n) is 12.8. The Labute approximate surface area is 136 Å². The van der Waals surface area contributed by atoms with Gasteiger partial charge in [-0.2, -0.15) is 0 Å². The quantitative estimate of drug-likeness (QED) is 0.763. The first-order valence-electron chi connectivity index (χ1n) is 7.33. The molecule has 0 aliphatic carbocycles. The monoisotopic (exact) mass is 333 g/mol. The van der Waals surface area contributed by atoms with Crippen molar-refractivity contribution in [2.45, 2.75) is 24.7 Å². The number of nitrogens with one attached hydrogen (secondary N) is 1. The third-order valence-electron chi connectivity index (χ3n) is 3.45. The van der Waals surface area contributed by atoms with Gasteiger partial charge < -0.3 is 5.11 Å². The van der Waals surface area contributed by atoms with Crippen molar-refractivity contribution in [2.24, 2.45) is 0 Å². The Morgan fingerprint density at radius 2 is 1.65 bits per heavy atom. The number of aromatic hydroxyl groups is 1. The van der Waals surface area contributed by atoms with E-state index in [1.54, 1.807) is 12.1 Å². The van der Waals surface area contributed by atoms with E-state index in [0.29, 0.717) is 18.4 Å². The standard InChI is InChI=1S/C17H19NO4S/c1-2-17(20)14-5-3-13(4-6-14)11-12-18-23(21,22)16-9-7-15(19)8-10-16/h3-10,18-19H,2,11-12H2,1H3. The first-order chi connectivity index (χ1) is 10.9. The number of benzene rings is 2. The maximum atomic E-state index is 12.1. The molecule has 2 N–H and O–H groups in total. The Balaban J connectivity index is 1.94. The van der Waals surface area contributed by atoms with E-state index in [4.69, 9.17) is 0 Å². The minimum absolute atomic E-state index is 0.0191. The van der Waals surface area contributed by atoms with Crippen molar-refractivity contribution in [1.29, 1.82) is 0 Å². The van der Waals surface area contributed by atoms with Gasteiger partial charge in [-0.15, -0.1) is 0 Å². The summed E-state index contributed by atoms with van der Waals surface area (Å²) in [7, 11) is -3.59. The van der Waals surface area contributed by atoms with Crippen molar-refractivity contribution in [3.63, 3.8) is 0 Å². The van der Waals surface area contributed by atoms with Gasteiger partial charge in [-0.25, -0.2) is 13.1 Å². The van der Waals surface area contributed by atoms with E-state index in [0.717, 1.165) is 5.56 Å². The molecule has 2 rings (SSSR count). The summed E-state index contributed by atoms with van der Waals surface area (Å²) in [5.74, 6) is 0.107. The van der Waals surface area contributed by atoms with Crippen LogP contribution in [0.4, 0.5) is 0 Å². The van der Waals surface area contributed by atoms with Crippen molar-refractivity contribution in [3.8, 4) is 5.75 Å². The number of hydrogen-bond donors (Lipinski definition) is 2. The van der Waals surface area contributed by atoms with E-state index in [2.05, 4.69) is 4.72 Å². The van der Waals surface area contributed by atoms with Gasteiger partial charge in [0.05, 0.1) is 4.90 Å². The predicted octanol–water partition coefficient (Wildman–Crippen LogP) is 2.51. The van der Waals surface area contributed by atoms with Gasteiger partial charge in [0.2, 0.25) is 10.0 Å². The summed E-state index contributed by atoms with van der Waals surface area (Å²) in [5, 5.41) is 9.19. The number of sulfonamides is 1. The second-order valence-corrected chi connectivity index (χ2v) is 6.88. The molecule has 2 aromatic carbocycles. The van der Waals surface area contributed by atoms with Crippen LogP contribution in [0.15, 0.2) is 53.4 Å². The molecule has 0 heterocycles. The lowest BCUT2D eigenvalue weighted by atomic mass is 10.1. The maximum Gasteiger partial charge on any atom is 0.240 e. The van der Waals surface area contributed by atoms with Crippen molar-refractivity contribution in [1.82, 2.24) is 4.72 Å². The highest BCUT2D eigenvalue weighted by atomic mass is 32.2. The number of phenolic OH excluding ortho intramolecular Hbond substituents is 1. The van der Waals surface area contributed by atoms with Crippen LogP contribution >= 0.6 is 0 Å². The molecule has 122 valence electrons. The lowest BCUT2D eigenvalue weighted by Crippen LogP contribution is -2.25. The van der Waals surface area contributed by atoms with Gasteiger partial charge in [-0.05, 0) is 36.2 Å². The summed E-state index contributed by atoms with van der Waals surface area (Å²) in [6.45, 7) is 2.07. The Bertz CT molecular complexity index is 765. The van der Waals surface area contributed by atoms with Crippen LogP contribution in [0.5, 0.6) is 5.75 Å². The van der Waals surface area contributed by atoms with Gasteiger partial charge in [-0.3, -0.25) is 4.79 Å². The summed E-state index contributed by atoms with van der Waals surface area (Å²) >= 11 is 0. The summed E-state index contributed by atoms with van der Waals surface area (Å²) in [4.78, 5) is 11.7. The maximum absolute atomic E-state index is 12.1. The Morgan fingerprint density at radius 1 is 1.04 bits per heavy atom. The molecule has 0 radical (unpaired) electrons. The van der Waals surface area contributed by atoms with Crippen LogP contribution in [0, 0.1) is 0 Å². The van der Waals surface area contributed by atoms with E-state index in [-0.39, 0.29) is 23.0 Å². The highest BCUT2D eigenvalue weighted by molar-refractivity contribution is 7.89. The molecule has 23 heavy (non-hydrogen) atoms. The summed E-state index contributed by atoms with van der Waals surface area (Å²) in [5.41, 5.74) is 1.62. The van der Waals surface area contributed by atoms with E-state index >= 15 is 0 Å². The van der Waals surface area contributed by atoms with Crippen LogP contribution in [-0.2, 0) is 16.4 Å². The normalized spacial score (nSPS) is 11.3. The van der Waals surface area contributed by atoms with Gasteiger partial charge in [-0.1, -0.05) is 31.2 Å². The minimum atomic E-state index is -3.59. The Hall–Kier alpha value is -2.18. The fourth-order valence-electron chi connectivity index (χ4n) is 2.10. The molecule has 0 bridgehead atoms. The van der Waals surface area contributed by atoms with Crippen LogP contribution < -0.4 is 4.72 Å². The van der Waals surface area contributed by atoms with E-state index < -0.39 is 10.0 Å². The molecular weight excluding hydrogens is 314 g/mol. The molecule has 0 saturated heterocycles. The van der Waals surface area contributed by atoms with E-state index in [1.807, 2.05) is 19.1 Å². The molecule has 0 saturated carbocycles. The molecule has 0 aliphatic heterocycles. The van der Waals surface area contributed by atoms with Gasteiger partial charge in [0.1, 0.15) is 5.75 Å². The number of carbonyl (C=O) groups is 1. The summed E-state index contributed by atoms with van der Waals surface area (Å²) in [6.07, 6.45) is 0.990. The van der Waals surface area contributed by atoms with Crippen molar-refractivity contribution < 1.29 is 18.3 Å². The number of Topliss-reactive ketones (excluding diaryl/α,β-unsaturated/α-hetero) is 1. The van der Waals surface area contributed by atoms with Crippen molar-refractivity contribution in [2.75, 3.05) is 6.54 Å². The van der Waals surface area contributed by atoms with E-state index in [1.165, 1.54) is 24.3 Å². The van der Waals surface area contributed by atoms with Crippen LogP contribution in [-0.4, -0.2) is 25.9 Å². The second-order valence-electron chi connectivity index (χ2n) is 5.12. The molecule has 0 aromatic heterocycles. The van der Waals surface area contributed by atoms with Crippen LogP contribution in [0.1, 0.15) is 29.3 Å². The first-order valence-corrected chi connectivity index (χ1v) is 8.81. The molecular formula is C17H19NO4S. The molecule has 0 fully saturated rings. The average Bonchev–Trinajstić information content (AvgIpc) is 2.55. The number of ketones is 1. The van der Waals surface area contributed by atoms with Crippen molar-refractivity contribution in [3.05, 3.63) is 59.7 Å². The lowest BCUT2D eigenvalue weighted by Gasteiger charge is -2.07. The number of phenols is 1. The second kappa shape index (κ2) is 7.39. The molecule has 0 aliphatic rings. The largest absolute Gasteiger partial charge is 0.508 e. The van der Waals surface area contributed by atoms with Crippen LogP contribution in [0.2, 0.25) is 0 Å². The van der Waals surface area contributed by atoms with Gasteiger partial charge >= 0.3 is 0 Å². The SMILES string of the molecule is CCC(=O)c1ccc(CCNS(=O)(=O)c2ccc(O)cc2)cc1. The fourth-order valence-corrected chi connectivity index (χ4v) is 3.13. The van der Waals surface area contributed by atoms with Crippen LogP contribution in [0.3, 0.4) is 0 Å². The molecule has 5 nitrogen and oxygen atoms in total. The molecule has 0 atom stereocenters. The number of carbonyl (C=O) groups excluding carboxylic acids is 1. The van der Waals surface area contributed by atoms with E-state index in [9.17, 15) is 18.3 Å². The molecule has 2 aromatic rings. The Morgan fingerprint density at radius 3 is 2.22 bits per heavy atom. The molecule has 0 unspecified atom stereocenters. The molecule has 0 spiro atoms. The lowest BCUT2D eigenvalue weighted by molar-refractivity contribution is 0.0988. The third-order valence-corrected chi connectivity index (χ3v) is 4.93. The van der Waals surface area contributed by atoms with Crippen LogP contribution in [0.25, 0.3) is 0 Å². The smallest absolute Gasteiger partial charge is 0.240 e. The average molecular weight is 333 g/mol. The third kappa shape index (κ3) is 4.64. The minimum Gasteiger partial charge on any atom is -0.508 e. The van der Waals surface area contributed by atoms with Gasteiger partial charge in [0.15, 0.2) is 5.78 Å². The highest BCUT2D eigenvalue weighted by Gasteiger charge is 2.13. The predicted molar refractivity (Wildman–Crippen MR) is 88.1 cm³/mol. The zero-order chi connectivity index (χ0) is 16.9. The van der Waals surface area contributed by atoms with Gasteiger partial charge in [0, 0.05) is 18.5 Å². The topological polar surface area (TPSA) is 83.5 Å². The summed E-state index contributed by atoms with van der Waals surface area (Å²) in [6, 6.07) is 12.5. The van der Waals surface area contributed by atoms with Gasteiger partial charge in [0.25, 0.3) is 0 Å². The number of rotatable bonds is 7. The number of hydrogen-bond acceptors (Lipinski definition) is 4. The molecule has 6 heteroatoms. The Kier molecular flexibility index (Phi) is 5.52.